The number of nitrogens with zero attached hydrogens (tertiary/aromatic N) is 2. The molecule has 0 aliphatic carbocycles. The molecule has 0 aliphatic heterocycles. The van der Waals surface area contributed by atoms with Gasteiger partial charge in [-0.15, -0.1) is 0 Å². The molecule has 0 bridgehead atoms. The van der Waals surface area contributed by atoms with Crippen molar-refractivity contribution in [2.24, 2.45) is 0 Å². The molecule has 0 radical (unpaired) electrons. The molecular weight excluding hydrogens is 426 g/mol. The summed E-state index contributed by atoms with van der Waals surface area (Å²) in [5.74, 6) is 2.49. The molecule has 1 heterocycles. The van der Waals surface area contributed by atoms with E-state index in [-0.39, 0.29) is 5.91 Å². The van der Waals surface area contributed by atoms with Crippen molar-refractivity contribution in [1.82, 2.24) is 14.9 Å². The van der Waals surface area contributed by atoms with Gasteiger partial charge in [-0.25, -0.2) is 4.98 Å². The lowest BCUT2D eigenvalue weighted by molar-refractivity contribution is -0.116. The number of rotatable bonds is 14. The van der Waals surface area contributed by atoms with E-state index in [4.69, 9.17) is 14.5 Å². The molecular formula is C28H35N3O3. The number of imidazole rings is 1. The second kappa shape index (κ2) is 13.2. The fourth-order valence-corrected chi connectivity index (χ4v) is 3.94. The summed E-state index contributed by atoms with van der Waals surface area (Å²) in [7, 11) is 1.67. The minimum absolute atomic E-state index is 0.115. The standard InChI is InChI=1S/C28H35N3O3/c1-4-12-22-16-17-25(26(21-22)33-3)34-20-11-19-31-24-14-9-8-13-23(24)30-27(31)15-7-6-10-18-29-28(32)5-2/h4-5,8-9,12-14,16-17,21H,2,6-7,10-11,15,18-20H2,1,3H3,(H,29,32)/b12-4+. The molecule has 0 fully saturated rings. The summed E-state index contributed by atoms with van der Waals surface area (Å²) in [5, 5.41) is 2.83. The van der Waals surface area contributed by atoms with E-state index in [9.17, 15) is 4.79 Å². The van der Waals surface area contributed by atoms with Crippen LogP contribution in [0.25, 0.3) is 17.1 Å². The molecule has 1 amide bonds. The highest BCUT2D eigenvalue weighted by atomic mass is 16.5. The Morgan fingerprint density at radius 3 is 2.76 bits per heavy atom. The molecule has 0 aliphatic rings. The molecule has 2 aromatic carbocycles. The number of hydrogen-bond acceptors (Lipinski definition) is 4. The van der Waals surface area contributed by atoms with E-state index in [2.05, 4.69) is 34.7 Å². The summed E-state index contributed by atoms with van der Waals surface area (Å²) in [6.07, 6.45) is 10.1. The topological polar surface area (TPSA) is 65.4 Å². The Balaban J connectivity index is 1.55. The van der Waals surface area contributed by atoms with E-state index < -0.39 is 0 Å². The van der Waals surface area contributed by atoms with E-state index >= 15 is 0 Å². The van der Waals surface area contributed by atoms with Gasteiger partial charge in [0, 0.05) is 19.5 Å². The monoisotopic (exact) mass is 461 g/mol. The van der Waals surface area contributed by atoms with E-state index in [1.807, 2.05) is 43.3 Å². The Morgan fingerprint density at radius 1 is 1.12 bits per heavy atom. The van der Waals surface area contributed by atoms with Crippen LogP contribution in [0.15, 0.2) is 61.2 Å². The van der Waals surface area contributed by atoms with Gasteiger partial charge in [0.15, 0.2) is 11.5 Å². The van der Waals surface area contributed by atoms with Crippen LogP contribution in [0.1, 0.15) is 44.0 Å². The van der Waals surface area contributed by atoms with Crippen molar-refractivity contribution in [3.05, 3.63) is 72.6 Å². The lowest BCUT2D eigenvalue weighted by Crippen LogP contribution is -2.21. The number of carbonyl (C=O) groups is 1. The van der Waals surface area contributed by atoms with Crippen molar-refractivity contribution < 1.29 is 14.3 Å². The maximum absolute atomic E-state index is 11.2. The number of hydrogen-bond donors (Lipinski definition) is 1. The Morgan fingerprint density at radius 2 is 1.97 bits per heavy atom. The normalized spacial score (nSPS) is 11.1. The van der Waals surface area contributed by atoms with Crippen LogP contribution in [0.3, 0.4) is 0 Å². The number of amides is 1. The molecule has 34 heavy (non-hydrogen) atoms. The van der Waals surface area contributed by atoms with Gasteiger partial charge in [-0.05, 0) is 62.1 Å². The van der Waals surface area contributed by atoms with Crippen LogP contribution in [0, 0.1) is 0 Å². The van der Waals surface area contributed by atoms with Crippen molar-refractivity contribution in [2.75, 3.05) is 20.3 Å². The molecule has 3 aromatic rings. The number of allylic oxidation sites excluding steroid dienone is 1. The van der Waals surface area contributed by atoms with Crippen LogP contribution in [-0.4, -0.2) is 35.7 Å². The average Bonchev–Trinajstić information content (AvgIpc) is 3.21. The molecule has 1 N–H and O–H groups in total. The molecule has 0 unspecified atom stereocenters. The summed E-state index contributed by atoms with van der Waals surface area (Å²) < 4.78 is 13.9. The van der Waals surface area contributed by atoms with Gasteiger partial charge in [0.2, 0.25) is 5.91 Å². The van der Waals surface area contributed by atoms with Gasteiger partial charge in [0.25, 0.3) is 0 Å². The minimum Gasteiger partial charge on any atom is -0.493 e. The van der Waals surface area contributed by atoms with E-state index in [1.54, 1.807) is 7.11 Å². The SMILES string of the molecule is C=CC(=O)NCCCCCc1nc2ccccc2n1CCCOc1ccc(/C=C/C)cc1OC. The number of para-hydroxylation sites is 2. The molecule has 0 atom stereocenters. The maximum atomic E-state index is 11.2. The second-order valence-electron chi connectivity index (χ2n) is 8.09. The summed E-state index contributed by atoms with van der Waals surface area (Å²) in [4.78, 5) is 16.1. The first kappa shape index (κ1) is 25.1. The lowest BCUT2D eigenvalue weighted by atomic mass is 10.2. The number of aryl methyl sites for hydroxylation is 2. The zero-order valence-corrected chi connectivity index (χ0v) is 20.3. The second-order valence-corrected chi connectivity index (χ2v) is 8.09. The number of carbonyl (C=O) groups excluding carboxylic acids is 1. The fraction of sp³-hybridized carbons (Fsp3) is 0.357. The van der Waals surface area contributed by atoms with Gasteiger partial charge in [-0.3, -0.25) is 4.79 Å². The van der Waals surface area contributed by atoms with E-state index in [1.165, 1.54) is 6.08 Å². The summed E-state index contributed by atoms with van der Waals surface area (Å²) in [6, 6.07) is 14.2. The minimum atomic E-state index is -0.115. The highest BCUT2D eigenvalue weighted by Gasteiger charge is 2.11. The zero-order valence-electron chi connectivity index (χ0n) is 20.3. The number of aromatic nitrogens is 2. The molecule has 0 spiro atoms. The Labute approximate surface area is 202 Å². The van der Waals surface area contributed by atoms with E-state index in [0.29, 0.717) is 13.2 Å². The molecule has 1 aromatic heterocycles. The Bertz CT molecular complexity index is 1120. The molecule has 6 nitrogen and oxygen atoms in total. The summed E-state index contributed by atoms with van der Waals surface area (Å²) in [5.41, 5.74) is 3.27. The van der Waals surface area contributed by atoms with Crippen molar-refractivity contribution in [1.29, 1.82) is 0 Å². The van der Waals surface area contributed by atoms with Gasteiger partial charge < -0.3 is 19.4 Å². The van der Waals surface area contributed by atoms with Gasteiger partial charge in [-0.2, -0.15) is 0 Å². The average molecular weight is 462 g/mol. The predicted molar refractivity (Wildman–Crippen MR) is 138 cm³/mol. The Kier molecular flexibility index (Phi) is 9.77. The summed E-state index contributed by atoms with van der Waals surface area (Å²) in [6.45, 7) is 7.57. The largest absolute Gasteiger partial charge is 0.493 e. The lowest BCUT2D eigenvalue weighted by Gasteiger charge is -2.13. The maximum Gasteiger partial charge on any atom is 0.243 e. The highest BCUT2D eigenvalue weighted by molar-refractivity contribution is 5.86. The molecule has 180 valence electrons. The van der Waals surface area contributed by atoms with Crippen LogP contribution < -0.4 is 14.8 Å². The highest BCUT2D eigenvalue weighted by Crippen LogP contribution is 2.29. The first-order valence-corrected chi connectivity index (χ1v) is 11.9. The van der Waals surface area contributed by atoms with Crippen molar-refractivity contribution in [2.45, 2.75) is 45.6 Å². The van der Waals surface area contributed by atoms with Crippen LogP contribution >= 0.6 is 0 Å². The number of benzene rings is 2. The molecule has 3 rings (SSSR count). The number of ether oxygens (including phenoxy) is 2. The third kappa shape index (κ3) is 6.98. The van der Waals surface area contributed by atoms with E-state index in [0.717, 1.165) is 72.6 Å². The van der Waals surface area contributed by atoms with Crippen LogP contribution in [0.4, 0.5) is 0 Å². The number of methoxy groups -OCH3 is 1. The Hall–Kier alpha value is -3.54. The van der Waals surface area contributed by atoms with Crippen LogP contribution in [0.5, 0.6) is 11.5 Å². The van der Waals surface area contributed by atoms with Gasteiger partial charge in [0.1, 0.15) is 5.82 Å². The first-order valence-electron chi connectivity index (χ1n) is 11.9. The predicted octanol–water partition coefficient (Wildman–Crippen LogP) is 5.56. The molecule has 0 saturated heterocycles. The number of unbranched alkanes of at least 4 members (excludes halogenated alkanes) is 2. The third-order valence-electron chi connectivity index (χ3n) is 5.63. The zero-order chi connectivity index (χ0) is 24.2. The fourth-order valence-electron chi connectivity index (χ4n) is 3.94. The number of fused-ring (bicyclic) bond motifs is 1. The van der Waals surface area contributed by atoms with Gasteiger partial charge in [0.05, 0.1) is 24.8 Å². The number of nitrogens with one attached hydrogen (secondary N) is 1. The van der Waals surface area contributed by atoms with Crippen LogP contribution in [0.2, 0.25) is 0 Å². The van der Waals surface area contributed by atoms with Crippen LogP contribution in [-0.2, 0) is 17.8 Å². The van der Waals surface area contributed by atoms with Gasteiger partial charge >= 0.3 is 0 Å². The molecule has 0 saturated carbocycles. The molecule has 6 heteroatoms. The quantitative estimate of drug-likeness (QED) is 0.252. The van der Waals surface area contributed by atoms with Crippen molar-refractivity contribution >= 4 is 23.0 Å². The smallest absolute Gasteiger partial charge is 0.243 e. The first-order chi connectivity index (χ1) is 16.7. The third-order valence-corrected chi connectivity index (χ3v) is 5.63. The van der Waals surface area contributed by atoms with Gasteiger partial charge in [-0.1, -0.05) is 43.4 Å². The van der Waals surface area contributed by atoms with Crippen molar-refractivity contribution in [3.63, 3.8) is 0 Å². The van der Waals surface area contributed by atoms with Crippen molar-refractivity contribution in [3.8, 4) is 11.5 Å². The summed E-state index contributed by atoms with van der Waals surface area (Å²) >= 11 is 0.